The highest BCUT2D eigenvalue weighted by atomic mass is 35.5. The molecule has 0 saturated heterocycles. The third kappa shape index (κ3) is 4.72. The molecule has 2 rings (SSSR count). The van der Waals surface area contributed by atoms with Crippen LogP contribution in [0.4, 0.5) is 0 Å². The van der Waals surface area contributed by atoms with Gasteiger partial charge in [-0.2, -0.15) is 0 Å². The van der Waals surface area contributed by atoms with Crippen LogP contribution in [0.25, 0.3) is 0 Å². The van der Waals surface area contributed by atoms with Crippen molar-refractivity contribution in [2.75, 3.05) is 6.54 Å². The highest BCUT2D eigenvalue weighted by molar-refractivity contribution is 6.30. The van der Waals surface area contributed by atoms with E-state index in [1.807, 2.05) is 6.07 Å². The van der Waals surface area contributed by atoms with Crippen molar-refractivity contribution in [3.63, 3.8) is 0 Å². The maximum atomic E-state index is 6.14. The standard InChI is InChI=1S/C19H30ClN/c1-4-18(16-8-7-9-17(20)12-16)21-14-19(13-15(2)3)10-5-6-11-19/h7-9,12,15,18,21H,4-6,10-11,13-14H2,1-3H3. The van der Waals surface area contributed by atoms with E-state index in [-0.39, 0.29) is 0 Å². The molecular formula is C19H30ClN. The van der Waals surface area contributed by atoms with Crippen LogP contribution in [0.2, 0.25) is 5.02 Å². The highest BCUT2D eigenvalue weighted by Crippen LogP contribution is 2.43. The van der Waals surface area contributed by atoms with E-state index in [4.69, 9.17) is 11.6 Å². The number of nitrogens with one attached hydrogen (secondary N) is 1. The lowest BCUT2D eigenvalue weighted by atomic mass is 9.78. The fourth-order valence-corrected chi connectivity index (χ4v) is 4.20. The summed E-state index contributed by atoms with van der Waals surface area (Å²) < 4.78 is 0. The summed E-state index contributed by atoms with van der Waals surface area (Å²) in [5, 5.41) is 4.68. The normalized spacial score (nSPS) is 19.1. The predicted octanol–water partition coefficient (Wildman–Crippen LogP) is 5.99. The first-order valence-corrected chi connectivity index (χ1v) is 8.91. The second-order valence-corrected chi connectivity index (χ2v) is 7.64. The summed E-state index contributed by atoms with van der Waals surface area (Å²) in [4.78, 5) is 0. The van der Waals surface area contributed by atoms with E-state index >= 15 is 0 Å². The summed E-state index contributed by atoms with van der Waals surface area (Å²) in [7, 11) is 0. The molecule has 0 aliphatic heterocycles. The lowest BCUT2D eigenvalue weighted by Crippen LogP contribution is -2.35. The summed E-state index contributed by atoms with van der Waals surface area (Å²) in [5.41, 5.74) is 1.85. The van der Waals surface area contributed by atoms with Gasteiger partial charge in [-0.1, -0.05) is 57.3 Å². The second kappa shape index (κ2) is 7.65. The van der Waals surface area contributed by atoms with Crippen LogP contribution in [-0.4, -0.2) is 6.54 Å². The number of benzene rings is 1. The fourth-order valence-electron chi connectivity index (χ4n) is 4.01. The van der Waals surface area contributed by atoms with Crippen molar-refractivity contribution in [1.29, 1.82) is 0 Å². The van der Waals surface area contributed by atoms with Crippen LogP contribution >= 0.6 is 11.6 Å². The van der Waals surface area contributed by atoms with Crippen molar-refractivity contribution in [2.24, 2.45) is 11.3 Å². The molecule has 1 saturated carbocycles. The van der Waals surface area contributed by atoms with Crippen molar-refractivity contribution in [3.05, 3.63) is 34.9 Å². The van der Waals surface area contributed by atoms with Gasteiger partial charge in [0, 0.05) is 17.6 Å². The Kier molecular flexibility index (Phi) is 6.13. The van der Waals surface area contributed by atoms with Gasteiger partial charge in [0.2, 0.25) is 0 Å². The van der Waals surface area contributed by atoms with Crippen LogP contribution in [0.1, 0.15) is 70.9 Å². The Morgan fingerprint density at radius 3 is 2.52 bits per heavy atom. The molecule has 0 radical (unpaired) electrons. The Bertz CT molecular complexity index is 435. The molecule has 1 aromatic carbocycles. The molecule has 1 aliphatic rings. The Balaban J connectivity index is 2.01. The first-order chi connectivity index (χ1) is 10.0. The SMILES string of the molecule is CCC(NCC1(CC(C)C)CCCC1)c1cccc(Cl)c1. The quantitative estimate of drug-likeness (QED) is 0.652. The monoisotopic (exact) mass is 307 g/mol. The Morgan fingerprint density at radius 1 is 1.24 bits per heavy atom. The molecule has 1 aliphatic carbocycles. The minimum atomic E-state index is 0.424. The summed E-state index contributed by atoms with van der Waals surface area (Å²) in [6.45, 7) is 8.11. The Morgan fingerprint density at radius 2 is 1.95 bits per heavy atom. The van der Waals surface area contributed by atoms with Crippen molar-refractivity contribution < 1.29 is 0 Å². The van der Waals surface area contributed by atoms with Gasteiger partial charge in [0.25, 0.3) is 0 Å². The van der Waals surface area contributed by atoms with Crippen molar-refractivity contribution in [1.82, 2.24) is 5.32 Å². The molecule has 0 aromatic heterocycles. The molecule has 1 N–H and O–H groups in total. The molecule has 0 bridgehead atoms. The van der Waals surface area contributed by atoms with E-state index in [0.717, 1.165) is 23.9 Å². The first-order valence-electron chi connectivity index (χ1n) is 8.53. The van der Waals surface area contributed by atoms with Crippen LogP contribution in [0.3, 0.4) is 0 Å². The van der Waals surface area contributed by atoms with Gasteiger partial charge < -0.3 is 5.32 Å². The van der Waals surface area contributed by atoms with Gasteiger partial charge in [0.1, 0.15) is 0 Å². The summed E-state index contributed by atoms with van der Waals surface area (Å²) in [6, 6.07) is 8.73. The summed E-state index contributed by atoms with van der Waals surface area (Å²) in [6.07, 6.45) is 8.06. The molecule has 1 fully saturated rings. The molecule has 0 amide bonds. The zero-order valence-corrected chi connectivity index (χ0v) is 14.5. The van der Waals surface area contributed by atoms with Gasteiger partial charge in [0.15, 0.2) is 0 Å². The van der Waals surface area contributed by atoms with E-state index in [2.05, 4.69) is 44.3 Å². The molecule has 0 heterocycles. The molecule has 1 atom stereocenters. The summed E-state index contributed by atoms with van der Waals surface area (Å²) in [5.74, 6) is 0.788. The molecule has 2 heteroatoms. The number of rotatable bonds is 7. The van der Waals surface area contributed by atoms with E-state index in [0.29, 0.717) is 11.5 Å². The van der Waals surface area contributed by atoms with Crippen LogP contribution in [-0.2, 0) is 0 Å². The van der Waals surface area contributed by atoms with Gasteiger partial charge in [-0.15, -0.1) is 0 Å². The van der Waals surface area contributed by atoms with Crippen LogP contribution < -0.4 is 5.32 Å². The van der Waals surface area contributed by atoms with Crippen LogP contribution in [0, 0.1) is 11.3 Å². The van der Waals surface area contributed by atoms with Gasteiger partial charge >= 0.3 is 0 Å². The van der Waals surface area contributed by atoms with Gasteiger partial charge in [-0.3, -0.25) is 0 Å². The minimum absolute atomic E-state index is 0.424. The topological polar surface area (TPSA) is 12.0 Å². The predicted molar refractivity (Wildman–Crippen MR) is 92.8 cm³/mol. The minimum Gasteiger partial charge on any atom is -0.309 e. The average Bonchev–Trinajstić information content (AvgIpc) is 2.87. The van der Waals surface area contributed by atoms with Crippen molar-refractivity contribution in [3.8, 4) is 0 Å². The first kappa shape index (κ1) is 16.8. The smallest absolute Gasteiger partial charge is 0.0409 e. The highest BCUT2D eigenvalue weighted by Gasteiger charge is 2.34. The third-order valence-electron chi connectivity index (χ3n) is 4.89. The second-order valence-electron chi connectivity index (χ2n) is 7.20. The zero-order valence-electron chi connectivity index (χ0n) is 13.8. The number of hydrogen-bond acceptors (Lipinski definition) is 1. The maximum Gasteiger partial charge on any atom is 0.0409 e. The molecule has 118 valence electrons. The van der Waals surface area contributed by atoms with Gasteiger partial charge in [-0.05, 0) is 54.7 Å². The van der Waals surface area contributed by atoms with Crippen molar-refractivity contribution in [2.45, 2.75) is 65.3 Å². The lowest BCUT2D eigenvalue weighted by Gasteiger charge is -2.33. The molecule has 1 unspecified atom stereocenters. The van der Waals surface area contributed by atoms with E-state index in [1.54, 1.807) is 0 Å². The molecule has 0 spiro atoms. The Labute approximate surface area is 135 Å². The Hall–Kier alpha value is -0.530. The number of halogens is 1. The van der Waals surface area contributed by atoms with E-state index in [9.17, 15) is 0 Å². The maximum absolute atomic E-state index is 6.14. The summed E-state index contributed by atoms with van der Waals surface area (Å²) >= 11 is 6.14. The van der Waals surface area contributed by atoms with Gasteiger partial charge in [0.05, 0.1) is 0 Å². The van der Waals surface area contributed by atoms with Crippen LogP contribution in [0.5, 0.6) is 0 Å². The van der Waals surface area contributed by atoms with Crippen LogP contribution in [0.15, 0.2) is 24.3 Å². The molecule has 1 aromatic rings. The number of hydrogen-bond donors (Lipinski definition) is 1. The lowest BCUT2D eigenvalue weighted by molar-refractivity contribution is 0.214. The average molecular weight is 308 g/mol. The largest absolute Gasteiger partial charge is 0.309 e. The fraction of sp³-hybridized carbons (Fsp3) is 0.684. The van der Waals surface area contributed by atoms with E-state index in [1.165, 1.54) is 37.7 Å². The molecule has 1 nitrogen and oxygen atoms in total. The van der Waals surface area contributed by atoms with Crippen molar-refractivity contribution >= 4 is 11.6 Å². The van der Waals surface area contributed by atoms with Gasteiger partial charge in [-0.25, -0.2) is 0 Å². The zero-order chi connectivity index (χ0) is 15.3. The third-order valence-corrected chi connectivity index (χ3v) is 5.12. The van der Waals surface area contributed by atoms with E-state index < -0.39 is 0 Å². The molecule has 21 heavy (non-hydrogen) atoms. The molecular weight excluding hydrogens is 278 g/mol.